The number of nitrogens with zero attached hydrogens (tertiary/aromatic N) is 4. The summed E-state index contributed by atoms with van der Waals surface area (Å²) in [7, 11) is 4.13. The Bertz CT molecular complexity index is 1030. The lowest BCUT2D eigenvalue weighted by atomic mass is 9.69. The van der Waals surface area contributed by atoms with Crippen molar-refractivity contribution in [2.75, 3.05) is 43.5 Å². The molecule has 32 heavy (non-hydrogen) atoms. The fraction of sp³-hybridized carbons (Fsp3) is 0.520. The van der Waals surface area contributed by atoms with Gasteiger partial charge in [-0.15, -0.1) is 0 Å². The predicted molar refractivity (Wildman–Crippen MR) is 125 cm³/mol. The van der Waals surface area contributed by atoms with Crippen LogP contribution in [0.5, 0.6) is 0 Å². The number of hydrogen-bond donors (Lipinski definition) is 1. The molecular formula is C25H32FN5O. The molecule has 1 aromatic heterocycles. The van der Waals surface area contributed by atoms with E-state index < -0.39 is 0 Å². The van der Waals surface area contributed by atoms with Crippen LogP contribution in [0, 0.1) is 12.7 Å². The van der Waals surface area contributed by atoms with Gasteiger partial charge in [0.05, 0.1) is 24.0 Å². The van der Waals surface area contributed by atoms with Gasteiger partial charge in [-0.05, 0) is 82.4 Å². The highest BCUT2D eigenvalue weighted by Gasteiger charge is 2.50. The second kappa shape index (κ2) is 7.73. The minimum absolute atomic E-state index is 0.0691. The Labute approximate surface area is 189 Å². The standard InChI is InChI=1S/C25H32FN5O/c1-18-14-21(30-12-5-13-30)16-27-22(18)31-17-24(28-23(31)32)8-10-25(11-9-24,29(2)3)19-6-4-7-20(26)15-19/h4,6-7,14-16H,5,8-13,17H2,1-3H3,(H,28,32)/t24-,25-. The van der Waals surface area contributed by atoms with Crippen LogP contribution in [0.1, 0.15) is 43.2 Å². The number of anilines is 2. The zero-order valence-corrected chi connectivity index (χ0v) is 19.2. The Morgan fingerprint density at radius 2 is 1.88 bits per heavy atom. The number of aryl methyl sites for hydroxylation is 1. The van der Waals surface area contributed by atoms with E-state index in [1.165, 1.54) is 12.5 Å². The third-order valence-corrected chi connectivity index (χ3v) is 7.84. The van der Waals surface area contributed by atoms with E-state index in [2.05, 4.69) is 40.3 Å². The van der Waals surface area contributed by atoms with E-state index in [0.717, 1.165) is 61.4 Å². The van der Waals surface area contributed by atoms with Gasteiger partial charge in [0, 0.05) is 18.6 Å². The lowest BCUT2D eigenvalue weighted by Gasteiger charge is -2.48. The maximum Gasteiger partial charge on any atom is 0.323 e. The first-order chi connectivity index (χ1) is 15.3. The predicted octanol–water partition coefficient (Wildman–Crippen LogP) is 4.04. The largest absolute Gasteiger partial charge is 0.370 e. The lowest BCUT2D eigenvalue weighted by molar-refractivity contribution is 0.0655. The van der Waals surface area contributed by atoms with Crippen molar-refractivity contribution in [3.63, 3.8) is 0 Å². The maximum atomic E-state index is 14.0. The fourth-order valence-corrected chi connectivity index (χ4v) is 5.66. The lowest BCUT2D eigenvalue weighted by Crippen LogP contribution is -2.54. The highest BCUT2D eigenvalue weighted by Crippen LogP contribution is 2.46. The molecule has 7 heteroatoms. The number of hydrogen-bond acceptors (Lipinski definition) is 4. The van der Waals surface area contributed by atoms with Gasteiger partial charge in [0.25, 0.3) is 0 Å². The van der Waals surface area contributed by atoms with E-state index in [0.29, 0.717) is 6.54 Å². The number of aromatic nitrogens is 1. The van der Waals surface area contributed by atoms with Crippen molar-refractivity contribution in [2.24, 2.45) is 0 Å². The van der Waals surface area contributed by atoms with Crippen LogP contribution >= 0.6 is 0 Å². The summed E-state index contributed by atoms with van der Waals surface area (Å²) in [5, 5.41) is 3.29. The molecule has 3 heterocycles. The van der Waals surface area contributed by atoms with Crippen LogP contribution in [-0.4, -0.2) is 55.2 Å². The van der Waals surface area contributed by atoms with Crippen molar-refractivity contribution in [2.45, 2.75) is 50.1 Å². The first-order valence-electron chi connectivity index (χ1n) is 11.6. The van der Waals surface area contributed by atoms with Gasteiger partial charge in [0.15, 0.2) is 0 Å². The quantitative estimate of drug-likeness (QED) is 0.785. The molecule has 2 saturated heterocycles. The molecule has 2 amide bonds. The van der Waals surface area contributed by atoms with Crippen LogP contribution in [-0.2, 0) is 5.54 Å². The third-order valence-electron chi connectivity index (χ3n) is 7.84. The molecule has 0 bridgehead atoms. The normalized spacial score (nSPS) is 27.7. The number of carbonyl (C=O) groups is 1. The topological polar surface area (TPSA) is 51.7 Å². The van der Waals surface area contributed by atoms with Gasteiger partial charge in [-0.3, -0.25) is 9.80 Å². The summed E-state index contributed by atoms with van der Waals surface area (Å²) in [5.74, 6) is 0.547. The molecule has 3 fully saturated rings. The molecule has 170 valence electrons. The SMILES string of the molecule is Cc1cc(N2CCC2)cnc1N1C[C@]2(CC[C@@](c3cccc(F)c3)(N(C)C)CC2)NC1=O. The zero-order valence-electron chi connectivity index (χ0n) is 19.2. The van der Waals surface area contributed by atoms with Gasteiger partial charge >= 0.3 is 6.03 Å². The van der Waals surface area contributed by atoms with Crippen LogP contribution in [0.2, 0.25) is 0 Å². The summed E-state index contributed by atoms with van der Waals surface area (Å²) >= 11 is 0. The van der Waals surface area contributed by atoms with Crippen LogP contribution in [0.15, 0.2) is 36.5 Å². The third kappa shape index (κ3) is 3.43. The molecule has 1 aliphatic carbocycles. The number of pyridine rings is 1. The Morgan fingerprint density at radius 3 is 2.47 bits per heavy atom. The first kappa shape index (κ1) is 21.2. The first-order valence-corrected chi connectivity index (χ1v) is 11.6. The second-order valence-corrected chi connectivity index (χ2v) is 9.91. The van der Waals surface area contributed by atoms with Crippen LogP contribution in [0.4, 0.5) is 20.7 Å². The fourth-order valence-electron chi connectivity index (χ4n) is 5.66. The van der Waals surface area contributed by atoms with Gasteiger partial charge in [-0.1, -0.05) is 12.1 Å². The Hall–Kier alpha value is -2.67. The molecule has 0 radical (unpaired) electrons. The summed E-state index contributed by atoms with van der Waals surface area (Å²) in [6.45, 7) is 4.81. The van der Waals surface area contributed by atoms with Gasteiger partial charge < -0.3 is 10.2 Å². The number of rotatable bonds is 4. The molecule has 3 aliphatic rings. The molecule has 2 aliphatic heterocycles. The van der Waals surface area contributed by atoms with E-state index >= 15 is 0 Å². The minimum atomic E-state index is -0.270. The van der Waals surface area contributed by atoms with E-state index in [9.17, 15) is 9.18 Å². The number of urea groups is 1. The van der Waals surface area contributed by atoms with Crippen molar-refractivity contribution in [3.05, 3.63) is 53.5 Å². The number of benzene rings is 1. The van der Waals surface area contributed by atoms with E-state index in [4.69, 9.17) is 0 Å². The highest BCUT2D eigenvalue weighted by molar-refractivity contribution is 5.95. The van der Waals surface area contributed by atoms with Crippen molar-refractivity contribution in [3.8, 4) is 0 Å². The van der Waals surface area contributed by atoms with Crippen LogP contribution < -0.4 is 15.1 Å². The highest BCUT2D eigenvalue weighted by atomic mass is 19.1. The smallest absolute Gasteiger partial charge is 0.323 e. The molecule has 1 aromatic carbocycles. The Kier molecular flexibility index (Phi) is 5.12. The number of amides is 2. The van der Waals surface area contributed by atoms with Crippen molar-refractivity contribution >= 4 is 17.5 Å². The summed E-state index contributed by atoms with van der Waals surface area (Å²) < 4.78 is 14.0. The van der Waals surface area contributed by atoms with Gasteiger partial charge in [0.1, 0.15) is 11.6 Å². The maximum absolute atomic E-state index is 14.0. The second-order valence-electron chi connectivity index (χ2n) is 9.91. The van der Waals surface area contributed by atoms with Crippen LogP contribution in [0.25, 0.3) is 0 Å². The number of carbonyl (C=O) groups excluding carboxylic acids is 1. The summed E-state index contributed by atoms with van der Waals surface area (Å²) in [6, 6.07) is 9.03. The average molecular weight is 438 g/mol. The Morgan fingerprint density at radius 1 is 1.12 bits per heavy atom. The van der Waals surface area contributed by atoms with Crippen molar-refractivity contribution < 1.29 is 9.18 Å². The molecule has 5 rings (SSSR count). The molecule has 6 nitrogen and oxygen atoms in total. The molecule has 0 unspecified atom stereocenters. The van der Waals surface area contributed by atoms with Gasteiger partial charge in [-0.2, -0.15) is 0 Å². The summed E-state index contributed by atoms with van der Waals surface area (Å²) in [6.07, 6.45) is 6.52. The zero-order chi connectivity index (χ0) is 22.5. The van der Waals surface area contributed by atoms with Gasteiger partial charge in [-0.25, -0.2) is 14.2 Å². The Balaban J connectivity index is 1.35. The minimum Gasteiger partial charge on any atom is -0.370 e. The van der Waals surface area contributed by atoms with Crippen molar-refractivity contribution in [1.29, 1.82) is 0 Å². The summed E-state index contributed by atoms with van der Waals surface area (Å²) in [4.78, 5) is 24.0. The molecule has 1 saturated carbocycles. The van der Waals surface area contributed by atoms with E-state index in [1.807, 2.05) is 19.2 Å². The molecule has 2 aromatic rings. The average Bonchev–Trinajstić information content (AvgIpc) is 3.03. The van der Waals surface area contributed by atoms with Crippen LogP contribution in [0.3, 0.4) is 0 Å². The monoisotopic (exact) mass is 437 g/mol. The number of nitrogens with one attached hydrogen (secondary N) is 1. The molecular weight excluding hydrogens is 405 g/mol. The molecule has 0 atom stereocenters. The van der Waals surface area contributed by atoms with E-state index in [-0.39, 0.29) is 22.9 Å². The van der Waals surface area contributed by atoms with Crippen molar-refractivity contribution in [1.82, 2.24) is 15.2 Å². The molecule has 1 spiro atoms. The molecule has 1 N–H and O–H groups in total. The number of halogens is 1. The van der Waals surface area contributed by atoms with Gasteiger partial charge in [0.2, 0.25) is 0 Å². The van der Waals surface area contributed by atoms with E-state index in [1.54, 1.807) is 17.0 Å². The summed E-state index contributed by atoms with van der Waals surface area (Å²) in [5.41, 5.74) is 2.68.